The smallest absolute Gasteiger partial charge is 0.210 e. The molecule has 5 atom stereocenters. The fourth-order valence-electron chi connectivity index (χ4n) is 3.37. The van der Waals surface area contributed by atoms with E-state index in [4.69, 9.17) is 23.7 Å². The van der Waals surface area contributed by atoms with Crippen LogP contribution in [0.5, 0.6) is 0 Å². The normalized spacial score (nSPS) is 43.5. The van der Waals surface area contributed by atoms with Crippen LogP contribution in [0.4, 0.5) is 0 Å². The van der Waals surface area contributed by atoms with Crippen molar-refractivity contribution in [2.75, 3.05) is 12.9 Å². The second kappa shape index (κ2) is 5.35. The van der Waals surface area contributed by atoms with Crippen LogP contribution in [0.2, 0.25) is 0 Å². The first kappa shape index (κ1) is 18.0. The monoisotopic (exact) mass is 362 g/mol. The highest BCUT2D eigenvalue weighted by molar-refractivity contribution is 7.88. The molecule has 3 rings (SSSR count). The van der Waals surface area contributed by atoms with E-state index < -0.39 is 51.7 Å². The van der Waals surface area contributed by atoms with Gasteiger partial charge in [0, 0.05) is 0 Å². The minimum absolute atomic E-state index is 0.162. The number of nitriles is 1. The van der Waals surface area contributed by atoms with Crippen molar-refractivity contribution in [1.82, 2.24) is 4.72 Å². The molecule has 0 aromatic carbocycles. The number of fused-ring (bicyclic) bond motifs is 1. The fraction of sp³-hybridized carbons (Fsp3) is 0.929. The Morgan fingerprint density at radius 3 is 2.25 bits per heavy atom. The Labute approximate surface area is 141 Å². The Bertz CT molecular complexity index is 671. The molecule has 10 heteroatoms. The van der Waals surface area contributed by atoms with Crippen LogP contribution < -0.4 is 4.72 Å². The lowest BCUT2D eigenvalue weighted by molar-refractivity contribution is -0.226. The SMILES string of the molecule is CC1(C)OC[C@@H]([C@H]2O[C@@H]3OC(C)(C)O[C@@H]3[C@]2(C#N)NS(C)(=O)=O)O1. The summed E-state index contributed by atoms with van der Waals surface area (Å²) in [4.78, 5) is 0. The molecule has 0 spiro atoms. The molecule has 3 aliphatic heterocycles. The molecule has 24 heavy (non-hydrogen) atoms. The van der Waals surface area contributed by atoms with Crippen LogP contribution in [0, 0.1) is 11.3 Å². The molecule has 0 aliphatic carbocycles. The number of nitrogens with zero attached hydrogens (tertiary/aromatic N) is 1. The molecule has 0 radical (unpaired) electrons. The maximum absolute atomic E-state index is 11.9. The van der Waals surface area contributed by atoms with E-state index >= 15 is 0 Å². The molecule has 0 aromatic rings. The standard InChI is InChI=1S/C14H22N2O7S/c1-12(2)19-6-8(21-12)9-14(7-15,16-24(5,17)18)10-11(20-9)23-13(3,4)22-10/h8-11,16H,6H2,1-5H3/t8-,9+,10-,11+,14+/m0/s1. The van der Waals surface area contributed by atoms with Crippen LogP contribution in [-0.2, 0) is 33.7 Å². The van der Waals surface area contributed by atoms with Crippen LogP contribution in [0.1, 0.15) is 27.7 Å². The van der Waals surface area contributed by atoms with E-state index in [1.54, 1.807) is 27.7 Å². The van der Waals surface area contributed by atoms with Gasteiger partial charge in [-0.1, -0.05) is 0 Å². The zero-order valence-electron chi connectivity index (χ0n) is 14.2. The van der Waals surface area contributed by atoms with Crippen molar-refractivity contribution in [3.05, 3.63) is 0 Å². The molecule has 0 aromatic heterocycles. The average molecular weight is 362 g/mol. The van der Waals surface area contributed by atoms with Crippen molar-refractivity contribution >= 4 is 10.0 Å². The predicted octanol–water partition coefficient (Wildman–Crippen LogP) is -0.174. The van der Waals surface area contributed by atoms with Gasteiger partial charge >= 0.3 is 0 Å². The van der Waals surface area contributed by atoms with Gasteiger partial charge < -0.3 is 23.7 Å². The zero-order valence-corrected chi connectivity index (χ0v) is 15.0. The summed E-state index contributed by atoms with van der Waals surface area (Å²) < 4.78 is 54.8. The highest BCUT2D eigenvalue weighted by Crippen LogP contribution is 2.46. The van der Waals surface area contributed by atoms with E-state index in [1.807, 2.05) is 6.07 Å². The summed E-state index contributed by atoms with van der Waals surface area (Å²) >= 11 is 0. The lowest BCUT2D eigenvalue weighted by Crippen LogP contribution is -2.63. The molecule has 1 N–H and O–H groups in total. The van der Waals surface area contributed by atoms with E-state index in [1.165, 1.54) is 0 Å². The van der Waals surface area contributed by atoms with Gasteiger partial charge in [0.1, 0.15) is 18.3 Å². The zero-order chi connectivity index (χ0) is 18.0. The van der Waals surface area contributed by atoms with E-state index in [-0.39, 0.29) is 6.61 Å². The topological polar surface area (TPSA) is 116 Å². The quantitative estimate of drug-likeness (QED) is 0.735. The summed E-state index contributed by atoms with van der Waals surface area (Å²) in [5, 5.41) is 9.87. The molecule has 3 saturated heterocycles. The van der Waals surface area contributed by atoms with Crippen molar-refractivity contribution in [3.63, 3.8) is 0 Å². The number of rotatable bonds is 3. The number of nitrogens with one attached hydrogen (secondary N) is 1. The Morgan fingerprint density at radius 2 is 1.75 bits per heavy atom. The van der Waals surface area contributed by atoms with E-state index in [0.717, 1.165) is 6.26 Å². The first-order valence-electron chi connectivity index (χ1n) is 7.61. The molecular weight excluding hydrogens is 340 g/mol. The third-order valence-electron chi connectivity index (χ3n) is 4.14. The van der Waals surface area contributed by atoms with Gasteiger partial charge in [-0.3, -0.25) is 0 Å². The second-order valence-corrected chi connectivity index (χ2v) is 8.95. The van der Waals surface area contributed by atoms with Gasteiger partial charge in [0.05, 0.1) is 18.9 Å². The largest absolute Gasteiger partial charge is 0.348 e. The molecule has 3 aliphatic rings. The molecule has 3 fully saturated rings. The third-order valence-corrected chi connectivity index (χ3v) is 4.85. The predicted molar refractivity (Wildman–Crippen MR) is 79.9 cm³/mol. The number of ether oxygens (including phenoxy) is 5. The molecule has 9 nitrogen and oxygen atoms in total. The highest BCUT2D eigenvalue weighted by Gasteiger charge is 2.68. The van der Waals surface area contributed by atoms with Gasteiger partial charge in [-0.15, -0.1) is 0 Å². The van der Waals surface area contributed by atoms with Crippen molar-refractivity contribution in [3.8, 4) is 6.07 Å². The summed E-state index contributed by atoms with van der Waals surface area (Å²) in [6.45, 7) is 6.97. The molecule has 3 heterocycles. The fourth-order valence-corrected chi connectivity index (χ4v) is 4.26. The van der Waals surface area contributed by atoms with Gasteiger partial charge in [0.2, 0.25) is 10.0 Å². The lowest BCUT2D eigenvalue weighted by atomic mass is 9.88. The first-order valence-corrected chi connectivity index (χ1v) is 9.50. The van der Waals surface area contributed by atoms with Gasteiger partial charge in [0.15, 0.2) is 23.4 Å². The Balaban J connectivity index is 1.98. The Kier molecular flexibility index (Phi) is 4.01. The van der Waals surface area contributed by atoms with Crippen molar-refractivity contribution < 1.29 is 32.1 Å². The van der Waals surface area contributed by atoms with Crippen LogP contribution in [0.15, 0.2) is 0 Å². The van der Waals surface area contributed by atoms with E-state index in [0.29, 0.717) is 0 Å². The maximum Gasteiger partial charge on any atom is 0.210 e. The second-order valence-electron chi connectivity index (χ2n) is 7.20. The number of sulfonamides is 1. The summed E-state index contributed by atoms with van der Waals surface area (Å²) in [6.07, 6.45) is -2.41. The minimum Gasteiger partial charge on any atom is -0.348 e. The molecule has 0 unspecified atom stereocenters. The molecule has 136 valence electrons. The van der Waals surface area contributed by atoms with Crippen LogP contribution in [0.3, 0.4) is 0 Å². The average Bonchev–Trinajstić information content (AvgIpc) is 2.99. The van der Waals surface area contributed by atoms with Crippen molar-refractivity contribution in [2.24, 2.45) is 0 Å². The Morgan fingerprint density at radius 1 is 1.08 bits per heavy atom. The lowest BCUT2D eigenvalue weighted by Gasteiger charge is -2.34. The minimum atomic E-state index is -3.73. The number of hydrogen-bond acceptors (Lipinski definition) is 8. The van der Waals surface area contributed by atoms with E-state index in [9.17, 15) is 13.7 Å². The maximum atomic E-state index is 11.9. The summed E-state index contributed by atoms with van der Waals surface area (Å²) in [6, 6.07) is 2.04. The first-order chi connectivity index (χ1) is 10.9. The highest BCUT2D eigenvalue weighted by atomic mass is 32.2. The molecule has 0 amide bonds. The third kappa shape index (κ3) is 3.06. The Hall–Kier alpha value is -0.800. The molecule has 0 saturated carbocycles. The summed E-state index contributed by atoms with van der Waals surface area (Å²) in [5.41, 5.74) is -1.68. The van der Waals surface area contributed by atoms with E-state index in [2.05, 4.69) is 4.72 Å². The molecular formula is C14H22N2O7S. The number of hydrogen-bond donors (Lipinski definition) is 1. The van der Waals surface area contributed by atoms with Gasteiger partial charge in [-0.2, -0.15) is 9.98 Å². The van der Waals surface area contributed by atoms with Crippen molar-refractivity contribution in [1.29, 1.82) is 5.26 Å². The van der Waals surface area contributed by atoms with Gasteiger partial charge in [-0.25, -0.2) is 8.42 Å². The summed E-state index contributed by atoms with van der Waals surface area (Å²) in [7, 11) is -3.73. The molecule has 0 bridgehead atoms. The van der Waals surface area contributed by atoms with Crippen LogP contribution >= 0.6 is 0 Å². The van der Waals surface area contributed by atoms with Gasteiger partial charge in [-0.05, 0) is 27.7 Å². The van der Waals surface area contributed by atoms with Gasteiger partial charge in [0.25, 0.3) is 0 Å². The van der Waals surface area contributed by atoms with Crippen molar-refractivity contribution in [2.45, 2.75) is 69.4 Å². The summed E-state index contributed by atoms with van der Waals surface area (Å²) in [5.74, 6) is -1.84. The van der Waals surface area contributed by atoms with Crippen LogP contribution in [0.25, 0.3) is 0 Å². The van der Waals surface area contributed by atoms with Crippen LogP contribution in [-0.4, -0.2) is 63.0 Å².